The summed E-state index contributed by atoms with van der Waals surface area (Å²) in [5.41, 5.74) is 0.767. The number of amides is 1. The zero-order chi connectivity index (χ0) is 13.9. The van der Waals surface area contributed by atoms with Crippen LogP contribution in [0.1, 0.15) is 10.4 Å². The molecule has 2 aliphatic heterocycles. The van der Waals surface area contributed by atoms with Gasteiger partial charge in [-0.25, -0.2) is 0 Å². The summed E-state index contributed by atoms with van der Waals surface area (Å²) in [6, 6.07) is 11.9. The highest BCUT2D eigenvalue weighted by Gasteiger charge is 2.49. The minimum Gasteiger partial charge on any atom is -0.310 e. The molecule has 4 rings (SSSR count). The summed E-state index contributed by atoms with van der Waals surface area (Å²) in [5, 5.41) is 14.6. The normalized spacial score (nSPS) is 19.0. The predicted molar refractivity (Wildman–Crippen MR) is 79.7 cm³/mol. The summed E-state index contributed by atoms with van der Waals surface area (Å²) in [4.78, 5) is 14.4. The van der Waals surface area contributed by atoms with E-state index < -0.39 is 5.54 Å². The van der Waals surface area contributed by atoms with Gasteiger partial charge in [0, 0.05) is 28.5 Å². The lowest BCUT2D eigenvalue weighted by Gasteiger charge is -2.43. The van der Waals surface area contributed by atoms with Crippen LogP contribution >= 0.6 is 15.9 Å². The van der Waals surface area contributed by atoms with Gasteiger partial charge in [-0.1, -0.05) is 28.1 Å². The van der Waals surface area contributed by atoms with Gasteiger partial charge >= 0.3 is 0 Å². The van der Waals surface area contributed by atoms with Gasteiger partial charge in [0.1, 0.15) is 0 Å². The number of hydrogen-bond acceptors (Lipinski definition) is 3. The summed E-state index contributed by atoms with van der Waals surface area (Å²) in [6.07, 6.45) is 0. The van der Waals surface area contributed by atoms with Gasteiger partial charge < -0.3 is 5.32 Å². The maximum absolute atomic E-state index is 12.7. The first-order valence-electron chi connectivity index (χ1n) is 6.36. The summed E-state index contributed by atoms with van der Waals surface area (Å²) < 4.78 is 0.963. The van der Waals surface area contributed by atoms with Gasteiger partial charge in [-0.15, -0.1) is 0 Å². The van der Waals surface area contributed by atoms with E-state index in [0.717, 1.165) is 20.9 Å². The third-order valence-electron chi connectivity index (χ3n) is 4.11. The summed E-state index contributed by atoms with van der Waals surface area (Å²) >= 11 is 3.52. The highest BCUT2D eigenvalue weighted by atomic mass is 79.9. The van der Waals surface area contributed by atoms with Crippen molar-refractivity contribution in [3.8, 4) is 6.07 Å². The number of anilines is 1. The Bertz CT molecular complexity index is 805. The van der Waals surface area contributed by atoms with E-state index in [-0.39, 0.29) is 5.91 Å². The predicted octanol–water partition coefficient (Wildman–Crippen LogP) is 2.43. The van der Waals surface area contributed by atoms with Gasteiger partial charge in [0.25, 0.3) is 5.91 Å². The molecule has 0 spiro atoms. The molecule has 0 unspecified atom stereocenters. The first kappa shape index (κ1) is 11.9. The average Bonchev–Trinajstić information content (AvgIpc) is 2.70. The minimum atomic E-state index is -0.753. The van der Waals surface area contributed by atoms with E-state index in [1.54, 1.807) is 4.90 Å². The highest BCUT2D eigenvalue weighted by molar-refractivity contribution is 9.10. The Kier molecular flexibility index (Phi) is 2.27. The molecule has 0 aromatic heterocycles. The molecule has 1 saturated heterocycles. The van der Waals surface area contributed by atoms with Crippen molar-refractivity contribution in [3.63, 3.8) is 0 Å². The van der Waals surface area contributed by atoms with Gasteiger partial charge in [-0.3, -0.25) is 9.69 Å². The fourth-order valence-electron chi connectivity index (χ4n) is 3.02. The SMILES string of the molecule is N#CC1(N2C(=O)c3cccc4c(Br)ccc2c34)CNC1. The van der Waals surface area contributed by atoms with Crippen LogP contribution in [-0.4, -0.2) is 24.5 Å². The van der Waals surface area contributed by atoms with E-state index in [4.69, 9.17) is 0 Å². The second kappa shape index (κ2) is 3.81. The van der Waals surface area contributed by atoms with Crippen molar-refractivity contribution in [2.75, 3.05) is 18.0 Å². The van der Waals surface area contributed by atoms with Crippen LogP contribution in [0.3, 0.4) is 0 Å². The maximum atomic E-state index is 12.7. The fourth-order valence-corrected chi connectivity index (χ4v) is 3.48. The first-order chi connectivity index (χ1) is 9.68. The van der Waals surface area contributed by atoms with E-state index in [1.165, 1.54) is 0 Å². The summed E-state index contributed by atoms with van der Waals surface area (Å²) in [5.74, 6) is -0.0771. The fraction of sp³-hybridized carbons (Fsp3) is 0.200. The van der Waals surface area contributed by atoms with Gasteiger partial charge in [-0.05, 0) is 23.6 Å². The molecule has 98 valence electrons. The lowest BCUT2D eigenvalue weighted by atomic mass is 9.91. The van der Waals surface area contributed by atoms with E-state index in [0.29, 0.717) is 18.7 Å². The number of nitrogens with zero attached hydrogens (tertiary/aromatic N) is 2. The average molecular weight is 328 g/mol. The first-order valence-corrected chi connectivity index (χ1v) is 7.15. The number of rotatable bonds is 1. The molecule has 0 radical (unpaired) electrons. The van der Waals surface area contributed by atoms with Crippen molar-refractivity contribution < 1.29 is 4.79 Å². The molecule has 1 fully saturated rings. The van der Waals surface area contributed by atoms with Gasteiger partial charge in [0.2, 0.25) is 0 Å². The molecule has 1 N–H and O–H groups in total. The zero-order valence-electron chi connectivity index (χ0n) is 10.5. The molecule has 0 atom stereocenters. The second-order valence-corrected chi connectivity index (χ2v) is 6.04. The number of hydrogen-bond donors (Lipinski definition) is 1. The second-order valence-electron chi connectivity index (χ2n) is 5.18. The van der Waals surface area contributed by atoms with Crippen LogP contribution in [0, 0.1) is 11.3 Å². The number of halogens is 1. The number of nitrogens with one attached hydrogen (secondary N) is 1. The number of benzene rings is 2. The quantitative estimate of drug-likeness (QED) is 0.875. The van der Waals surface area contributed by atoms with Crippen molar-refractivity contribution in [1.82, 2.24) is 5.32 Å². The molecule has 20 heavy (non-hydrogen) atoms. The van der Waals surface area contributed by atoms with Crippen LogP contribution in [0.2, 0.25) is 0 Å². The van der Waals surface area contributed by atoms with E-state index in [2.05, 4.69) is 27.3 Å². The molecule has 4 nitrogen and oxygen atoms in total. The Morgan fingerprint density at radius 3 is 2.75 bits per heavy atom. The molecule has 2 aromatic carbocycles. The van der Waals surface area contributed by atoms with Crippen LogP contribution in [0.25, 0.3) is 10.8 Å². The van der Waals surface area contributed by atoms with E-state index in [9.17, 15) is 10.1 Å². The van der Waals surface area contributed by atoms with Crippen molar-refractivity contribution in [2.45, 2.75) is 5.54 Å². The third-order valence-corrected chi connectivity index (χ3v) is 4.80. The Balaban J connectivity index is 2.04. The molecule has 2 aliphatic rings. The van der Waals surface area contributed by atoms with E-state index >= 15 is 0 Å². The number of carbonyl (C=O) groups excluding carboxylic acids is 1. The Hall–Kier alpha value is -1.90. The Morgan fingerprint density at radius 1 is 1.30 bits per heavy atom. The lowest BCUT2D eigenvalue weighted by molar-refractivity contribution is 0.0959. The van der Waals surface area contributed by atoms with Gasteiger partial charge in [0.05, 0.1) is 11.8 Å². The van der Waals surface area contributed by atoms with Crippen molar-refractivity contribution in [2.24, 2.45) is 0 Å². The number of nitriles is 1. The van der Waals surface area contributed by atoms with Crippen molar-refractivity contribution in [3.05, 3.63) is 40.4 Å². The molecule has 2 heterocycles. The molecule has 1 amide bonds. The zero-order valence-corrected chi connectivity index (χ0v) is 12.1. The van der Waals surface area contributed by atoms with Gasteiger partial charge in [0.15, 0.2) is 5.54 Å². The monoisotopic (exact) mass is 327 g/mol. The Labute approximate surface area is 124 Å². The maximum Gasteiger partial charge on any atom is 0.260 e. The van der Waals surface area contributed by atoms with Crippen LogP contribution in [-0.2, 0) is 0 Å². The number of carbonyl (C=O) groups is 1. The molecule has 0 aliphatic carbocycles. The van der Waals surface area contributed by atoms with Crippen LogP contribution < -0.4 is 10.2 Å². The molecule has 0 saturated carbocycles. The molecule has 0 bridgehead atoms. The standard InChI is InChI=1S/C15H10BrN3O/c16-11-4-5-12-13-9(11)2-1-3-10(13)14(20)19(12)15(6-17)7-18-8-15/h1-5,18H,7-8H2. The smallest absolute Gasteiger partial charge is 0.260 e. The van der Waals surface area contributed by atoms with Crippen molar-refractivity contribution >= 4 is 38.3 Å². The largest absolute Gasteiger partial charge is 0.310 e. The topological polar surface area (TPSA) is 56.1 Å². The summed E-state index contributed by atoms with van der Waals surface area (Å²) in [6.45, 7) is 1.03. The molecule has 2 aromatic rings. The summed E-state index contributed by atoms with van der Waals surface area (Å²) in [7, 11) is 0. The van der Waals surface area contributed by atoms with Crippen LogP contribution in [0.5, 0.6) is 0 Å². The molecular formula is C15H10BrN3O. The van der Waals surface area contributed by atoms with Crippen LogP contribution in [0.15, 0.2) is 34.8 Å². The molecule has 5 heteroatoms. The third kappa shape index (κ3) is 1.25. The van der Waals surface area contributed by atoms with Crippen molar-refractivity contribution in [1.29, 1.82) is 5.26 Å². The van der Waals surface area contributed by atoms with E-state index in [1.807, 2.05) is 30.3 Å². The lowest BCUT2D eigenvalue weighted by Crippen LogP contribution is -2.69. The van der Waals surface area contributed by atoms with Crippen LogP contribution in [0.4, 0.5) is 5.69 Å². The molecular weight excluding hydrogens is 318 g/mol. The Morgan fingerprint density at radius 2 is 2.10 bits per heavy atom. The minimum absolute atomic E-state index is 0.0771. The highest BCUT2D eigenvalue weighted by Crippen LogP contribution is 2.44. The van der Waals surface area contributed by atoms with Gasteiger partial charge in [-0.2, -0.15) is 5.26 Å².